The van der Waals surface area contributed by atoms with Crippen molar-refractivity contribution in [1.29, 1.82) is 0 Å². The van der Waals surface area contributed by atoms with E-state index in [4.69, 9.17) is 17.3 Å². The maximum Gasteiger partial charge on any atom is 0.216 e. The summed E-state index contributed by atoms with van der Waals surface area (Å²) in [6.45, 7) is 2.75. The van der Waals surface area contributed by atoms with Crippen LogP contribution in [-0.4, -0.2) is 46.4 Å². The SMILES string of the molecule is Cc1ccccc1-c1n[nH]c(=S)n1/N=C\c1ccc(N(C)CCO)cc1. The topological polar surface area (TPSA) is 69.4 Å². The molecule has 0 spiro atoms. The minimum atomic E-state index is 0.125. The largest absolute Gasteiger partial charge is 0.395 e. The van der Waals surface area contributed by atoms with Crippen molar-refractivity contribution in [1.82, 2.24) is 14.9 Å². The molecule has 0 aliphatic carbocycles. The van der Waals surface area contributed by atoms with E-state index < -0.39 is 0 Å². The number of aliphatic hydroxyl groups excluding tert-OH is 1. The molecule has 0 saturated heterocycles. The van der Waals surface area contributed by atoms with Gasteiger partial charge >= 0.3 is 0 Å². The zero-order valence-electron chi connectivity index (χ0n) is 14.8. The van der Waals surface area contributed by atoms with Gasteiger partial charge in [-0.2, -0.15) is 14.9 Å². The quantitative estimate of drug-likeness (QED) is 0.518. The molecule has 7 heteroatoms. The molecule has 134 valence electrons. The van der Waals surface area contributed by atoms with Crippen LogP contribution in [0.25, 0.3) is 11.4 Å². The Kier molecular flexibility index (Phi) is 5.60. The van der Waals surface area contributed by atoms with Crippen LogP contribution in [0.5, 0.6) is 0 Å². The molecule has 0 atom stereocenters. The molecule has 0 radical (unpaired) electrons. The third kappa shape index (κ3) is 3.89. The lowest BCUT2D eigenvalue weighted by Crippen LogP contribution is -2.20. The number of likely N-dealkylation sites (N-methyl/N-ethyl adjacent to an activating group) is 1. The molecule has 0 saturated carbocycles. The smallest absolute Gasteiger partial charge is 0.216 e. The second kappa shape index (κ2) is 8.07. The Morgan fingerprint density at radius 2 is 1.96 bits per heavy atom. The standard InChI is InChI=1S/C19H21N5OS/c1-14-5-3-4-6-17(14)18-21-22-19(26)24(18)20-13-15-7-9-16(10-8-15)23(2)11-12-25/h3-10,13,25H,11-12H2,1-2H3,(H,22,26)/b20-13-. The van der Waals surface area contributed by atoms with Gasteiger partial charge in [-0.25, -0.2) is 5.10 Å². The van der Waals surface area contributed by atoms with Crippen LogP contribution in [0.2, 0.25) is 0 Å². The monoisotopic (exact) mass is 367 g/mol. The van der Waals surface area contributed by atoms with E-state index in [1.165, 1.54) is 0 Å². The van der Waals surface area contributed by atoms with Crippen LogP contribution >= 0.6 is 12.2 Å². The van der Waals surface area contributed by atoms with Crippen LogP contribution in [-0.2, 0) is 0 Å². The minimum Gasteiger partial charge on any atom is -0.395 e. The molecule has 2 N–H and O–H groups in total. The molecule has 2 aromatic carbocycles. The molecular weight excluding hydrogens is 346 g/mol. The van der Waals surface area contributed by atoms with Crippen molar-refractivity contribution in [2.45, 2.75) is 6.92 Å². The molecule has 3 rings (SSSR count). The molecule has 1 aromatic heterocycles. The Bertz CT molecular complexity index is 959. The summed E-state index contributed by atoms with van der Waals surface area (Å²) in [6.07, 6.45) is 1.75. The fourth-order valence-corrected chi connectivity index (χ4v) is 2.79. The van der Waals surface area contributed by atoms with E-state index in [1.54, 1.807) is 10.9 Å². The number of aromatic nitrogens is 3. The fourth-order valence-electron chi connectivity index (χ4n) is 2.62. The summed E-state index contributed by atoms with van der Waals surface area (Å²) in [7, 11) is 1.94. The first-order valence-electron chi connectivity index (χ1n) is 8.30. The van der Waals surface area contributed by atoms with E-state index in [0.717, 1.165) is 22.4 Å². The highest BCUT2D eigenvalue weighted by molar-refractivity contribution is 7.71. The zero-order chi connectivity index (χ0) is 18.5. The van der Waals surface area contributed by atoms with Crippen LogP contribution < -0.4 is 4.90 Å². The maximum absolute atomic E-state index is 9.02. The van der Waals surface area contributed by atoms with Crippen molar-refractivity contribution in [3.05, 3.63) is 64.4 Å². The summed E-state index contributed by atoms with van der Waals surface area (Å²) in [4.78, 5) is 1.99. The molecule has 0 bridgehead atoms. The summed E-state index contributed by atoms with van der Waals surface area (Å²) in [5.41, 5.74) is 4.08. The molecule has 0 aliphatic heterocycles. The Hall–Kier alpha value is -2.77. The van der Waals surface area contributed by atoms with Crippen molar-refractivity contribution in [2.75, 3.05) is 25.1 Å². The van der Waals surface area contributed by atoms with Gasteiger partial charge in [0.2, 0.25) is 4.77 Å². The second-order valence-electron chi connectivity index (χ2n) is 5.96. The van der Waals surface area contributed by atoms with Crippen LogP contribution in [0, 0.1) is 11.7 Å². The summed E-state index contributed by atoms with van der Waals surface area (Å²) >= 11 is 5.32. The predicted octanol–water partition coefficient (Wildman–Crippen LogP) is 3.23. The van der Waals surface area contributed by atoms with Crippen molar-refractivity contribution in [3.63, 3.8) is 0 Å². The predicted molar refractivity (Wildman–Crippen MR) is 107 cm³/mol. The lowest BCUT2D eigenvalue weighted by molar-refractivity contribution is 0.304. The minimum absolute atomic E-state index is 0.125. The number of hydrogen-bond donors (Lipinski definition) is 2. The summed E-state index contributed by atoms with van der Waals surface area (Å²) in [5.74, 6) is 0.684. The molecule has 26 heavy (non-hydrogen) atoms. The number of rotatable bonds is 6. The molecule has 0 aliphatic rings. The number of hydrogen-bond acceptors (Lipinski definition) is 5. The van der Waals surface area contributed by atoms with Gasteiger partial charge in [-0.05, 0) is 42.4 Å². The van der Waals surface area contributed by atoms with Crippen molar-refractivity contribution in [2.24, 2.45) is 5.10 Å². The van der Waals surface area contributed by atoms with Crippen LogP contribution in [0.3, 0.4) is 0 Å². The molecule has 0 unspecified atom stereocenters. The molecule has 0 amide bonds. The highest BCUT2D eigenvalue weighted by Crippen LogP contribution is 2.21. The lowest BCUT2D eigenvalue weighted by Gasteiger charge is -2.17. The maximum atomic E-state index is 9.02. The van der Waals surface area contributed by atoms with Crippen molar-refractivity contribution >= 4 is 24.1 Å². The highest BCUT2D eigenvalue weighted by Gasteiger charge is 2.10. The van der Waals surface area contributed by atoms with Crippen LogP contribution in [0.15, 0.2) is 53.6 Å². The summed E-state index contributed by atoms with van der Waals surface area (Å²) < 4.78 is 2.07. The number of aryl methyl sites for hydroxylation is 1. The number of nitrogens with one attached hydrogen (secondary N) is 1. The van der Waals surface area contributed by atoms with Gasteiger partial charge in [0.1, 0.15) is 0 Å². The average molecular weight is 367 g/mol. The summed E-state index contributed by atoms with van der Waals surface area (Å²) in [5, 5.41) is 20.7. The Morgan fingerprint density at radius 3 is 2.65 bits per heavy atom. The lowest BCUT2D eigenvalue weighted by atomic mass is 10.1. The van der Waals surface area contributed by atoms with E-state index in [9.17, 15) is 0 Å². The zero-order valence-corrected chi connectivity index (χ0v) is 15.6. The number of aliphatic hydroxyl groups is 1. The summed E-state index contributed by atoms with van der Waals surface area (Å²) in [6, 6.07) is 15.9. The van der Waals surface area contributed by atoms with Gasteiger partial charge in [0.15, 0.2) is 5.82 Å². The molecule has 1 heterocycles. The fraction of sp³-hybridized carbons (Fsp3) is 0.211. The Balaban J connectivity index is 1.87. The van der Waals surface area contributed by atoms with Crippen molar-refractivity contribution < 1.29 is 5.11 Å². The van der Waals surface area contributed by atoms with Gasteiger partial charge in [0.25, 0.3) is 0 Å². The van der Waals surface area contributed by atoms with Gasteiger partial charge in [0.05, 0.1) is 12.8 Å². The first-order chi connectivity index (χ1) is 12.6. The van der Waals surface area contributed by atoms with E-state index in [-0.39, 0.29) is 6.61 Å². The van der Waals surface area contributed by atoms with Gasteiger partial charge in [-0.15, -0.1) is 0 Å². The van der Waals surface area contributed by atoms with E-state index in [1.807, 2.05) is 67.4 Å². The van der Waals surface area contributed by atoms with Gasteiger partial charge in [0, 0.05) is 24.8 Å². The van der Waals surface area contributed by atoms with E-state index >= 15 is 0 Å². The average Bonchev–Trinajstić information content (AvgIpc) is 3.01. The number of H-pyrrole nitrogens is 1. The third-order valence-corrected chi connectivity index (χ3v) is 4.39. The normalized spacial score (nSPS) is 11.2. The van der Waals surface area contributed by atoms with Gasteiger partial charge < -0.3 is 10.0 Å². The molecule has 6 nitrogen and oxygen atoms in total. The van der Waals surface area contributed by atoms with Crippen LogP contribution in [0.1, 0.15) is 11.1 Å². The number of anilines is 1. The van der Waals surface area contributed by atoms with E-state index in [2.05, 4.69) is 15.3 Å². The third-order valence-electron chi connectivity index (χ3n) is 4.13. The second-order valence-corrected chi connectivity index (χ2v) is 6.35. The first-order valence-corrected chi connectivity index (χ1v) is 8.71. The van der Waals surface area contributed by atoms with Gasteiger partial charge in [-0.1, -0.05) is 36.4 Å². The molecule has 3 aromatic rings. The number of benzene rings is 2. The van der Waals surface area contributed by atoms with Crippen molar-refractivity contribution in [3.8, 4) is 11.4 Å². The Morgan fingerprint density at radius 1 is 1.23 bits per heavy atom. The first kappa shape index (κ1) is 18.0. The number of nitrogens with zero attached hydrogens (tertiary/aromatic N) is 4. The molecular formula is C19H21N5OS. The number of aromatic amines is 1. The highest BCUT2D eigenvalue weighted by atomic mass is 32.1. The van der Waals surface area contributed by atoms with E-state index in [0.29, 0.717) is 17.1 Å². The van der Waals surface area contributed by atoms with Gasteiger partial charge in [-0.3, -0.25) is 0 Å². The Labute approximate surface area is 157 Å². The van der Waals surface area contributed by atoms with Crippen LogP contribution in [0.4, 0.5) is 5.69 Å². The molecule has 0 fully saturated rings.